The first kappa shape index (κ1) is 17.2. The van der Waals surface area contributed by atoms with Gasteiger partial charge in [0.1, 0.15) is 4.90 Å². The van der Waals surface area contributed by atoms with Gasteiger partial charge in [-0.05, 0) is 26.3 Å². The fourth-order valence-electron chi connectivity index (χ4n) is 2.25. The molecule has 1 heterocycles. The SMILES string of the molecule is Cc1cccc(CNC(=O)CNS(=O)(=O)c2c(C)n[nH]c2C)c1. The third-order valence-electron chi connectivity index (χ3n) is 3.32. The molecule has 2 aromatic rings. The van der Waals surface area contributed by atoms with Crippen LogP contribution in [0.5, 0.6) is 0 Å². The molecule has 0 radical (unpaired) electrons. The topological polar surface area (TPSA) is 104 Å². The summed E-state index contributed by atoms with van der Waals surface area (Å²) >= 11 is 0. The highest BCUT2D eigenvalue weighted by Crippen LogP contribution is 2.15. The first-order valence-corrected chi connectivity index (χ1v) is 8.61. The fourth-order valence-corrected chi connectivity index (χ4v) is 3.60. The van der Waals surface area contributed by atoms with Crippen molar-refractivity contribution in [3.63, 3.8) is 0 Å². The number of nitrogens with one attached hydrogen (secondary N) is 3. The van der Waals surface area contributed by atoms with E-state index in [-0.39, 0.29) is 11.4 Å². The van der Waals surface area contributed by atoms with E-state index in [1.165, 1.54) is 0 Å². The third kappa shape index (κ3) is 4.40. The van der Waals surface area contributed by atoms with Crippen molar-refractivity contribution in [1.29, 1.82) is 0 Å². The second-order valence-electron chi connectivity index (χ2n) is 5.35. The van der Waals surface area contributed by atoms with Gasteiger partial charge in [0, 0.05) is 6.54 Å². The monoisotopic (exact) mass is 336 g/mol. The number of H-pyrrole nitrogens is 1. The number of hydrogen-bond acceptors (Lipinski definition) is 4. The highest BCUT2D eigenvalue weighted by Gasteiger charge is 2.22. The van der Waals surface area contributed by atoms with E-state index in [0.717, 1.165) is 11.1 Å². The van der Waals surface area contributed by atoms with Crippen LogP contribution in [0.2, 0.25) is 0 Å². The maximum atomic E-state index is 12.2. The average Bonchev–Trinajstić information content (AvgIpc) is 2.83. The highest BCUT2D eigenvalue weighted by atomic mass is 32.2. The van der Waals surface area contributed by atoms with Crippen LogP contribution in [0.25, 0.3) is 0 Å². The van der Waals surface area contributed by atoms with Crippen molar-refractivity contribution in [2.45, 2.75) is 32.2 Å². The van der Waals surface area contributed by atoms with Gasteiger partial charge in [0.15, 0.2) is 0 Å². The Morgan fingerprint density at radius 1 is 1.26 bits per heavy atom. The highest BCUT2D eigenvalue weighted by molar-refractivity contribution is 7.89. The zero-order chi connectivity index (χ0) is 17.0. The lowest BCUT2D eigenvalue weighted by Gasteiger charge is -2.08. The van der Waals surface area contributed by atoms with Crippen LogP contribution >= 0.6 is 0 Å². The Morgan fingerprint density at radius 3 is 2.61 bits per heavy atom. The molecule has 0 saturated heterocycles. The van der Waals surface area contributed by atoms with E-state index in [1.807, 2.05) is 31.2 Å². The van der Waals surface area contributed by atoms with Gasteiger partial charge >= 0.3 is 0 Å². The number of sulfonamides is 1. The first-order valence-electron chi connectivity index (χ1n) is 7.13. The van der Waals surface area contributed by atoms with Gasteiger partial charge in [-0.1, -0.05) is 29.8 Å². The number of rotatable bonds is 6. The molecule has 124 valence electrons. The van der Waals surface area contributed by atoms with Crippen LogP contribution in [0.3, 0.4) is 0 Å². The molecule has 0 unspecified atom stereocenters. The molecule has 1 aromatic carbocycles. The minimum Gasteiger partial charge on any atom is -0.351 e. The molecular weight excluding hydrogens is 316 g/mol. The summed E-state index contributed by atoms with van der Waals surface area (Å²) in [5, 5.41) is 9.15. The summed E-state index contributed by atoms with van der Waals surface area (Å²) in [5.74, 6) is -0.395. The van der Waals surface area contributed by atoms with E-state index >= 15 is 0 Å². The van der Waals surface area contributed by atoms with Crippen molar-refractivity contribution in [2.75, 3.05) is 6.54 Å². The molecule has 0 aliphatic heterocycles. The van der Waals surface area contributed by atoms with Gasteiger partial charge in [0.05, 0.1) is 17.9 Å². The number of nitrogens with zero attached hydrogens (tertiary/aromatic N) is 1. The van der Waals surface area contributed by atoms with Crippen LogP contribution in [0, 0.1) is 20.8 Å². The molecule has 0 aliphatic carbocycles. The Balaban J connectivity index is 1.91. The molecule has 1 amide bonds. The van der Waals surface area contributed by atoms with E-state index < -0.39 is 15.9 Å². The van der Waals surface area contributed by atoms with Crippen LogP contribution in [-0.4, -0.2) is 31.1 Å². The largest absolute Gasteiger partial charge is 0.351 e. The van der Waals surface area contributed by atoms with Crippen LogP contribution < -0.4 is 10.0 Å². The summed E-state index contributed by atoms with van der Waals surface area (Å²) in [4.78, 5) is 11.9. The predicted octanol–water partition coefficient (Wildman–Crippen LogP) is 0.930. The minimum atomic E-state index is -3.77. The van der Waals surface area contributed by atoms with Gasteiger partial charge in [-0.2, -0.15) is 5.10 Å². The van der Waals surface area contributed by atoms with E-state index in [4.69, 9.17) is 0 Å². The van der Waals surface area contributed by atoms with Crippen molar-refractivity contribution in [3.05, 3.63) is 46.8 Å². The Kier molecular flexibility index (Phi) is 5.17. The van der Waals surface area contributed by atoms with Crippen molar-refractivity contribution in [1.82, 2.24) is 20.2 Å². The number of aromatic nitrogens is 2. The summed E-state index contributed by atoms with van der Waals surface area (Å²) in [6, 6.07) is 7.73. The Labute approximate surface area is 135 Å². The molecule has 8 heteroatoms. The zero-order valence-electron chi connectivity index (χ0n) is 13.3. The van der Waals surface area contributed by atoms with Gasteiger partial charge in [-0.15, -0.1) is 0 Å². The lowest BCUT2D eigenvalue weighted by Crippen LogP contribution is -2.36. The van der Waals surface area contributed by atoms with Crippen LogP contribution in [-0.2, 0) is 21.4 Å². The van der Waals surface area contributed by atoms with Crippen molar-refractivity contribution in [3.8, 4) is 0 Å². The van der Waals surface area contributed by atoms with Gasteiger partial charge in [0.25, 0.3) is 0 Å². The van der Waals surface area contributed by atoms with Crippen molar-refractivity contribution >= 4 is 15.9 Å². The lowest BCUT2D eigenvalue weighted by molar-refractivity contribution is -0.120. The van der Waals surface area contributed by atoms with Gasteiger partial charge in [-0.3, -0.25) is 9.89 Å². The Bertz CT molecular complexity index is 792. The van der Waals surface area contributed by atoms with Crippen molar-refractivity contribution < 1.29 is 13.2 Å². The number of carbonyl (C=O) groups excluding carboxylic acids is 1. The zero-order valence-corrected chi connectivity index (χ0v) is 14.1. The number of amides is 1. The molecule has 23 heavy (non-hydrogen) atoms. The Hall–Kier alpha value is -2.19. The molecule has 0 aliphatic rings. The number of carbonyl (C=O) groups is 1. The molecule has 0 bridgehead atoms. The van der Waals surface area contributed by atoms with E-state index in [9.17, 15) is 13.2 Å². The Morgan fingerprint density at radius 2 is 2.00 bits per heavy atom. The number of hydrogen-bond donors (Lipinski definition) is 3. The predicted molar refractivity (Wildman–Crippen MR) is 86.3 cm³/mol. The minimum absolute atomic E-state index is 0.0870. The van der Waals surface area contributed by atoms with E-state index in [1.54, 1.807) is 13.8 Å². The molecule has 1 aromatic heterocycles. The lowest BCUT2D eigenvalue weighted by atomic mass is 10.1. The smallest absolute Gasteiger partial charge is 0.244 e. The summed E-state index contributed by atoms with van der Waals surface area (Å²) < 4.78 is 26.7. The standard InChI is InChI=1S/C15H20N4O3S/c1-10-5-4-6-13(7-10)8-16-14(20)9-17-23(21,22)15-11(2)18-19-12(15)3/h4-7,17H,8-9H2,1-3H3,(H,16,20)(H,18,19). The number of aromatic amines is 1. The molecule has 2 rings (SSSR count). The quantitative estimate of drug-likeness (QED) is 0.730. The number of aryl methyl sites for hydroxylation is 3. The molecule has 0 atom stereocenters. The van der Waals surface area contributed by atoms with E-state index in [0.29, 0.717) is 17.9 Å². The molecule has 0 spiro atoms. The number of benzene rings is 1. The summed E-state index contributed by atoms with van der Waals surface area (Å²) in [6.45, 7) is 5.21. The van der Waals surface area contributed by atoms with Crippen LogP contribution in [0.1, 0.15) is 22.5 Å². The second-order valence-corrected chi connectivity index (χ2v) is 7.06. The van der Waals surface area contributed by atoms with E-state index in [2.05, 4.69) is 20.2 Å². The molecule has 3 N–H and O–H groups in total. The maximum Gasteiger partial charge on any atom is 0.244 e. The third-order valence-corrected chi connectivity index (χ3v) is 4.99. The fraction of sp³-hybridized carbons (Fsp3) is 0.333. The molecule has 0 fully saturated rings. The first-order chi connectivity index (χ1) is 10.8. The normalized spacial score (nSPS) is 11.4. The summed E-state index contributed by atoms with van der Waals surface area (Å²) in [5.41, 5.74) is 2.87. The molecule has 0 saturated carbocycles. The maximum absolute atomic E-state index is 12.2. The van der Waals surface area contributed by atoms with Gasteiger partial charge in [0.2, 0.25) is 15.9 Å². The van der Waals surface area contributed by atoms with Crippen LogP contribution in [0.4, 0.5) is 0 Å². The molecule has 7 nitrogen and oxygen atoms in total. The average molecular weight is 336 g/mol. The van der Waals surface area contributed by atoms with Gasteiger partial charge in [-0.25, -0.2) is 13.1 Å². The molecular formula is C15H20N4O3S. The second kappa shape index (κ2) is 6.93. The summed E-state index contributed by atoms with van der Waals surface area (Å²) in [6.07, 6.45) is 0. The van der Waals surface area contributed by atoms with Crippen molar-refractivity contribution in [2.24, 2.45) is 0 Å². The van der Waals surface area contributed by atoms with Crippen LogP contribution in [0.15, 0.2) is 29.2 Å². The van der Waals surface area contributed by atoms with Gasteiger partial charge < -0.3 is 5.32 Å². The summed E-state index contributed by atoms with van der Waals surface area (Å²) in [7, 11) is -3.77.